The fourth-order valence-corrected chi connectivity index (χ4v) is 3.88. The van der Waals surface area contributed by atoms with Gasteiger partial charge in [-0.1, -0.05) is 6.08 Å². The number of aromatic hydroxyl groups is 2. The molecule has 0 spiro atoms. The summed E-state index contributed by atoms with van der Waals surface area (Å²) in [5.41, 5.74) is 3.36. The quantitative estimate of drug-likeness (QED) is 0.642. The van der Waals surface area contributed by atoms with Gasteiger partial charge in [0, 0.05) is 31.1 Å². The van der Waals surface area contributed by atoms with Crippen molar-refractivity contribution in [3.8, 4) is 11.5 Å². The van der Waals surface area contributed by atoms with Crippen LogP contribution in [0.2, 0.25) is 0 Å². The maximum absolute atomic E-state index is 10.1. The van der Waals surface area contributed by atoms with E-state index >= 15 is 0 Å². The van der Waals surface area contributed by atoms with Gasteiger partial charge in [0.1, 0.15) is 0 Å². The highest BCUT2D eigenvalue weighted by atomic mass is 79.9. The fourth-order valence-electron chi connectivity index (χ4n) is 3.88. The maximum atomic E-state index is 10.1. The van der Waals surface area contributed by atoms with Gasteiger partial charge in [-0.3, -0.25) is 4.90 Å². The Morgan fingerprint density at radius 2 is 2.15 bits per heavy atom. The van der Waals surface area contributed by atoms with Gasteiger partial charge in [-0.25, -0.2) is 0 Å². The number of aryl methyl sites for hydroxylation is 1. The molecule has 110 valence electrons. The first-order chi connectivity index (χ1) is 9.11. The van der Waals surface area contributed by atoms with E-state index in [2.05, 4.69) is 11.5 Å². The van der Waals surface area contributed by atoms with Gasteiger partial charge in [0.15, 0.2) is 11.5 Å². The van der Waals surface area contributed by atoms with E-state index < -0.39 is 0 Å². The summed E-state index contributed by atoms with van der Waals surface area (Å²) in [5, 5.41) is 19.8. The topological polar surface area (TPSA) is 43.7 Å². The summed E-state index contributed by atoms with van der Waals surface area (Å²) in [6.45, 7) is 8.95. The molecule has 2 aliphatic rings. The van der Waals surface area contributed by atoms with Crippen LogP contribution in [0, 0.1) is 12.8 Å². The van der Waals surface area contributed by atoms with Gasteiger partial charge >= 0.3 is 0 Å². The van der Waals surface area contributed by atoms with E-state index in [4.69, 9.17) is 0 Å². The van der Waals surface area contributed by atoms with Crippen molar-refractivity contribution >= 4 is 17.0 Å². The predicted octanol–water partition coefficient (Wildman–Crippen LogP) is 3.13. The highest BCUT2D eigenvalue weighted by molar-refractivity contribution is 8.93. The van der Waals surface area contributed by atoms with E-state index in [1.54, 1.807) is 6.07 Å². The molecule has 2 unspecified atom stereocenters. The van der Waals surface area contributed by atoms with Crippen LogP contribution in [-0.4, -0.2) is 34.7 Å². The summed E-state index contributed by atoms with van der Waals surface area (Å²) >= 11 is 0. The molecule has 3 nitrogen and oxygen atoms in total. The Bertz CT molecular complexity index is 530. The monoisotopic (exact) mass is 339 g/mol. The number of phenolic OH excluding ortho intramolecular Hbond substituents is 2. The summed E-state index contributed by atoms with van der Waals surface area (Å²) in [6.07, 6.45) is 3.93. The van der Waals surface area contributed by atoms with E-state index in [1.165, 1.54) is 5.56 Å². The predicted molar refractivity (Wildman–Crippen MR) is 86.0 cm³/mol. The number of fused-ring (bicyclic) bond motifs is 3. The molecule has 20 heavy (non-hydrogen) atoms. The van der Waals surface area contributed by atoms with E-state index in [-0.39, 0.29) is 28.5 Å². The van der Waals surface area contributed by atoms with Crippen molar-refractivity contribution in [2.75, 3.05) is 19.6 Å². The Labute approximate surface area is 130 Å². The Balaban J connectivity index is 0.00000147. The molecule has 1 aliphatic carbocycles. The molecule has 0 amide bonds. The minimum atomic E-state index is 0. The molecule has 1 heterocycles. The summed E-state index contributed by atoms with van der Waals surface area (Å²) in [4.78, 5) is 2.43. The fraction of sp³-hybridized carbons (Fsp3) is 0.500. The Morgan fingerprint density at radius 3 is 2.85 bits per heavy atom. The Morgan fingerprint density at radius 1 is 1.40 bits per heavy atom. The first-order valence-electron chi connectivity index (χ1n) is 6.99. The zero-order valence-corrected chi connectivity index (χ0v) is 13.5. The second kappa shape index (κ2) is 5.78. The van der Waals surface area contributed by atoms with E-state index in [1.807, 2.05) is 13.0 Å². The van der Waals surface area contributed by atoms with Crippen molar-refractivity contribution in [1.29, 1.82) is 0 Å². The number of hydrogen-bond acceptors (Lipinski definition) is 3. The molecule has 3 rings (SSSR count). The van der Waals surface area contributed by atoms with Gasteiger partial charge in [0.25, 0.3) is 0 Å². The zero-order valence-electron chi connectivity index (χ0n) is 11.8. The van der Waals surface area contributed by atoms with Crippen molar-refractivity contribution in [1.82, 2.24) is 4.90 Å². The molecule has 1 saturated heterocycles. The lowest BCUT2D eigenvalue weighted by Gasteiger charge is -2.29. The molecule has 0 aromatic heterocycles. The van der Waals surface area contributed by atoms with Gasteiger partial charge in [0.05, 0.1) is 0 Å². The molecule has 1 fully saturated rings. The van der Waals surface area contributed by atoms with Gasteiger partial charge < -0.3 is 10.2 Å². The molecule has 1 aromatic carbocycles. The molecule has 2 N–H and O–H groups in total. The number of likely N-dealkylation sites (tertiary alicyclic amines) is 1. The zero-order chi connectivity index (χ0) is 13.6. The van der Waals surface area contributed by atoms with Crippen molar-refractivity contribution < 1.29 is 10.2 Å². The third kappa shape index (κ3) is 2.35. The summed E-state index contributed by atoms with van der Waals surface area (Å²) in [6, 6.07) is 1.70. The lowest BCUT2D eigenvalue weighted by Crippen LogP contribution is -2.20. The summed E-state index contributed by atoms with van der Waals surface area (Å²) < 4.78 is 0. The van der Waals surface area contributed by atoms with E-state index in [0.29, 0.717) is 11.8 Å². The molecular weight excluding hydrogens is 318 g/mol. The smallest absolute Gasteiger partial charge is 0.160 e. The molecule has 1 aromatic rings. The summed E-state index contributed by atoms with van der Waals surface area (Å²) in [7, 11) is 0. The van der Waals surface area contributed by atoms with Gasteiger partial charge in [-0.15, -0.1) is 23.6 Å². The normalized spacial score (nSPS) is 24.6. The largest absolute Gasteiger partial charge is 0.504 e. The van der Waals surface area contributed by atoms with Gasteiger partial charge in [0.2, 0.25) is 0 Å². The highest BCUT2D eigenvalue weighted by Gasteiger charge is 2.39. The van der Waals surface area contributed by atoms with Crippen LogP contribution in [0.1, 0.15) is 29.0 Å². The lowest BCUT2D eigenvalue weighted by atomic mass is 9.75. The molecule has 1 aliphatic heterocycles. The van der Waals surface area contributed by atoms with Crippen LogP contribution in [0.25, 0.3) is 0 Å². The van der Waals surface area contributed by atoms with Crippen molar-refractivity contribution in [3.63, 3.8) is 0 Å². The third-order valence-electron chi connectivity index (χ3n) is 4.67. The number of hydrogen-bond donors (Lipinski definition) is 2. The van der Waals surface area contributed by atoms with Crippen LogP contribution in [0.3, 0.4) is 0 Å². The number of benzene rings is 1. The first kappa shape index (κ1) is 15.4. The average Bonchev–Trinajstić information content (AvgIpc) is 2.78. The standard InChI is InChI=1S/C16H21NO2.BrH/c1-3-6-17-8-11-4-5-12-15(13(11)9-17)10(2)7-14(18)16(12)19;/h3,7,11,13,18-19H,1,4-6,8-9H2,2H3;1H. The lowest BCUT2D eigenvalue weighted by molar-refractivity contribution is 0.352. The third-order valence-corrected chi connectivity index (χ3v) is 4.67. The number of halogens is 1. The second-order valence-electron chi connectivity index (χ2n) is 5.87. The van der Waals surface area contributed by atoms with Crippen LogP contribution in [0.15, 0.2) is 18.7 Å². The van der Waals surface area contributed by atoms with Crippen LogP contribution < -0.4 is 0 Å². The molecule has 2 atom stereocenters. The molecule has 0 bridgehead atoms. The van der Waals surface area contributed by atoms with Crippen molar-refractivity contribution in [3.05, 3.63) is 35.4 Å². The molecular formula is C16H22BrNO2. The van der Waals surface area contributed by atoms with Gasteiger partial charge in [-0.05, 0) is 42.9 Å². The minimum absolute atomic E-state index is 0. The highest BCUT2D eigenvalue weighted by Crippen LogP contribution is 2.47. The molecule has 0 saturated carbocycles. The average molecular weight is 340 g/mol. The summed E-state index contributed by atoms with van der Waals surface area (Å²) in [5.74, 6) is 1.29. The number of nitrogens with zero attached hydrogens (tertiary/aromatic N) is 1. The van der Waals surface area contributed by atoms with E-state index in [9.17, 15) is 10.2 Å². The second-order valence-corrected chi connectivity index (χ2v) is 5.87. The minimum Gasteiger partial charge on any atom is -0.504 e. The number of phenols is 2. The number of rotatable bonds is 2. The maximum Gasteiger partial charge on any atom is 0.160 e. The van der Waals surface area contributed by atoms with Crippen LogP contribution in [0.5, 0.6) is 11.5 Å². The Hall–Kier alpha value is -1.00. The molecule has 4 heteroatoms. The van der Waals surface area contributed by atoms with Gasteiger partial charge in [-0.2, -0.15) is 0 Å². The molecule has 0 radical (unpaired) electrons. The van der Waals surface area contributed by atoms with Crippen molar-refractivity contribution in [2.45, 2.75) is 25.7 Å². The van der Waals surface area contributed by atoms with Crippen LogP contribution in [-0.2, 0) is 6.42 Å². The van der Waals surface area contributed by atoms with Crippen molar-refractivity contribution in [2.24, 2.45) is 5.92 Å². The van der Waals surface area contributed by atoms with E-state index in [0.717, 1.165) is 43.6 Å². The van der Waals surface area contributed by atoms with Crippen LogP contribution >= 0.6 is 17.0 Å². The first-order valence-corrected chi connectivity index (χ1v) is 6.99. The Kier molecular flexibility index (Phi) is 4.45. The SMILES string of the molecule is Br.C=CCN1CC2CCc3c(O)c(O)cc(C)c3C2C1. The van der Waals surface area contributed by atoms with Crippen LogP contribution in [0.4, 0.5) is 0 Å².